The highest BCUT2D eigenvalue weighted by atomic mass is 16.6. The van der Waals surface area contributed by atoms with E-state index in [1.807, 2.05) is 0 Å². The Morgan fingerprint density at radius 1 is 0.263 bits per heavy atom. The van der Waals surface area contributed by atoms with E-state index in [-0.39, 0.29) is 37.5 Å². The van der Waals surface area contributed by atoms with Crippen LogP contribution >= 0.6 is 0 Å². The fourth-order valence-electron chi connectivity index (χ4n) is 10.2. The van der Waals surface area contributed by atoms with Crippen molar-refractivity contribution in [2.45, 2.75) is 367 Å². The molecule has 1 atom stereocenters. The summed E-state index contributed by atoms with van der Waals surface area (Å²) in [6.45, 7) is 6.54. The molecule has 0 fully saturated rings. The minimum Gasteiger partial charge on any atom is -0.462 e. The summed E-state index contributed by atoms with van der Waals surface area (Å²) in [5, 5.41) is 0. The molecule has 0 saturated heterocycles. The Morgan fingerprint density at radius 2 is 0.500 bits per heavy atom. The van der Waals surface area contributed by atoms with Crippen LogP contribution in [0.25, 0.3) is 0 Å². The molecular formula is C74H132O6. The van der Waals surface area contributed by atoms with E-state index in [4.69, 9.17) is 14.2 Å². The number of allylic oxidation sites excluding steroid dienone is 12. The van der Waals surface area contributed by atoms with E-state index >= 15 is 0 Å². The molecule has 0 aliphatic carbocycles. The number of unbranched alkanes of at least 4 members (excludes halogenated alkanes) is 41. The Kier molecular flexibility index (Phi) is 65.7. The summed E-state index contributed by atoms with van der Waals surface area (Å²) in [7, 11) is 0. The van der Waals surface area contributed by atoms with Gasteiger partial charge in [0.15, 0.2) is 6.10 Å². The van der Waals surface area contributed by atoms with Crippen LogP contribution in [0.15, 0.2) is 72.9 Å². The van der Waals surface area contributed by atoms with Gasteiger partial charge in [-0.15, -0.1) is 0 Å². The van der Waals surface area contributed by atoms with Crippen LogP contribution < -0.4 is 0 Å². The molecule has 0 amide bonds. The average molecular weight is 1120 g/mol. The van der Waals surface area contributed by atoms with Gasteiger partial charge in [-0.25, -0.2) is 0 Å². The number of hydrogen-bond acceptors (Lipinski definition) is 6. The zero-order valence-corrected chi connectivity index (χ0v) is 53.3. The summed E-state index contributed by atoms with van der Waals surface area (Å²) >= 11 is 0. The third-order valence-electron chi connectivity index (χ3n) is 15.4. The summed E-state index contributed by atoms with van der Waals surface area (Å²) in [6, 6.07) is 0. The second-order valence-corrected chi connectivity index (χ2v) is 23.4. The number of hydrogen-bond donors (Lipinski definition) is 0. The van der Waals surface area contributed by atoms with Crippen molar-refractivity contribution >= 4 is 17.9 Å². The van der Waals surface area contributed by atoms with Crippen LogP contribution in [-0.4, -0.2) is 37.2 Å². The first-order chi connectivity index (χ1) is 39.5. The van der Waals surface area contributed by atoms with Crippen LogP contribution in [0.1, 0.15) is 361 Å². The smallest absolute Gasteiger partial charge is 0.306 e. The molecule has 0 N–H and O–H groups in total. The maximum atomic E-state index is 12.9. The first-order valence-electron chi connectivity index (χ1n) is 34.9. The van der Waals surface area contributed by atoms with Crippen molar-refractivity contribution in [3.63, 3.8) is 0 Å². The molecule has 0 spiro atoms. The van der Waals surface area contributed by atoms with E-state index in [2.05, 4.69) is 93.7 Å². The first kappa shape index (κ1) is 76.9. The highest BCUT2D eigenvalue weighted by molar-refractivity contribution is 5.71. The van der Waals surface area contributed by atoms with Crippen molar-refractivity contribution in [1.82, 2.24) is 0 Å². The zero-order valence-electron chi connectivity index (χ0n) is 53.3. The van der Waals surface area contributed by atoms with Gasteiger partial charge in [0.2, 0.25) is 0 Å². The van der Waals surface area contributed by atoms with Gasteiger partial charge in [0.05, 0.1) is 0 Å². The van der Waals surface area contributed by atoms with Gasteiger partial charge in [0.25, 0.3) is 0 Å². The van der Waals surface area contributed by atoms with Gasteiger partial charge in [-0.2, -0.15) is 0 Å². The van der Waals surface area contributed by atoms with Crippen molar-refractivity contribution in [1.29, 1.82) is 0 Å². The summed E-state index contributed by atoms with van der Waals surface area (Å²) in [5.74, 6) is -0.928. The van der Waals surface area contributed by atoms with Crippen LogP contribution in [-0.2, 0) is 28.6 Å². The Bertz CT molecular complexity index is 1470. The molecule has 0 rings (SSSR count). The lowest BCUT2D eigenvalue weighted by Gasteiger charge is -2.18. The second-order valence-electron chi connectivity index (χ2n) is 23.4. The van der Waals surface area contributed by atoms with E-state index in [9.17, 15) is 14.4 Å². The third kappa shape index (κ3) is 65.7. The minimum absolute atomic E-state index is 0.0890. The molecule has 464 valence electrons. The molecule has 0 heterocycles. The van der Waals surface area contributed by atoms with Gasteiger partial charge in [0.1, 0.15) is 13.2 Å². The number of carbonyl (C=O) groups excluding carboxylic acids is 3. The van der Waals surface area contributed by atoms with Crippen molar-refractivity contribution in [2.24, 2.45) is 0 Å². The van der Waals surface area contributed by atoms with Gasteiger partial charge in [0, 0.05) is 19.3 Å². The quantitative estimate of drug-likeness (QED) is 0.0261. The van der Waals surface area contributed by atoms with E-state index in [1.54, 1.807) is 0 Å². The number of carbonyl (C=O) groups is 3. The lowest BCUT2D eigenvalue weighted by atomic mass is 10.0. The number of esters is 3. The van der Waals surface area contributed by atoms with Crippen molar-refractivity contribution in [2.75, 3.05) is 13.2 Å². The third-order valence-corrected chi connectivity index (χ3v) is 15.4. The van der Waals surface area contributed by atoms with Gasteiger partial charge < -0.3 is 14.2 Å². The Labute approximate surface area is 497 Å². The molecule has 0 radical (unpaired) electrons. The molecule has 0 aliphatic rings. The Morgan fingerprint density at radius 3 is 0.825 bits per heavy atom. The first-order valence-corrected chi connectivity index (χ1v) is 34.9. The molecule has 0 bridgehead atoms. The van der Waals surface area contributed by atoms with E-state index < -0.39 is 6.10 Å². The molecule has 0 aromatic heterocycles. The normalized spacial score (nSPS) is 12.5. The topological polar surface area (TPSA) is 78.9 Å². The molecule has 80 heavy (non-hydrogen) atoms. The van der Waals surface area contributed by atoms with Crippen LogP contribution in [0.2, 0.25) is 0 Å². The van der Waals surface area contributed by atoms with Crippen LogP contribution in [0.5, 0.6) is 0 Å². The molecule has 0 aromatic rings. The lowest BCUT2D eigenvalue weighted by Crippen LogP contribution is -2.30. The molecule has 0 aromatic carbocycles. The number of rotatable bonds is 64. The molecule has 0 saturated carbocycles. The zero-order chi connectivity index (χ0) is 57.8. The summed E-state index contributed by atoms with van der Waals surface area (Å²) in [5.41, 5.74) is 0. The maximum absolute atomic E-state index is 12.9. The minimum atomic E-state index is -0.798. The van der Waals surface area contributed by atoms with Crippen molar-refractivity contribution in [3.8, 4) is 0 Å². The lowest BCUT2D eigenvalue weighted by molar-refractivity contribution is -0.167. The van der Waals surface area contributed by atoms with Gasteiger partial charge in [-0.3, -0.25) is 14.4 Å². The van der Waals surface area contributed by atoms with Gasteiger partial charge >= 0.3 is 17.9 Å². The molecule has 6 heteroatoms. The van der Waals surface area contributed by atoms with Gasteiger partial charge in [-0.1, -0.05) is 331 Å². The molecule has 6 nitrogen and oxygen atoms in total. The fourth-order valence-corrected chi connectivity index (χ4v) is 10.2. The fraction of sp³-hybridized carbons (Fsp3) is 0.797. The van der Waals surface area contributed by atoms with Crippen LogP contribution in [0, 0.1) is 0 Å². The van der Waals surface area contributed by atoms with E-state index in [0.717, 1.165) is 77.0 Å². The maximum Gasteiger partial charge on any atom is 0.306 e. The monoisotopic (exact) mass is 1120 g/mol. The van der Waals surface area contributed by atoms with Crippen LogP contribution in [0.3, 0.4) is 0 Å². The summed E-state index contributed by atoms with van der Waals surface area (Å²) < 4.78 is 16.9. The highest BCUT2D eigenvalue weighted by Gasteiger charge is 2.19. The van der Waals surface area contributed by atoms with Crippen LogP contribution in [0.4, 0.5) is 0 Å². The predicted molar refractivity (Wildman–Crippen MR) is 348 cm³/mol. The summed E-state index contributed by atoms with van der Waals surface area (Å²) in [4.78, 5) is 38.4. The van der Waals surface area contributed by atoms with Crippen molar-refractivity contribution < 1.29 is 28.6 Å². The second kappa shape index (κ2) is 68.3. The molecular weight excluding hydrogens is 985 g/mol. The number of ether oxygens (including phenoxy) is 3. The van der Waals surface area contributed by atoms with E-state index in [0.29, 0.717) is 19.3 Å². The SMILES string of the molecule is CC/C=C\C/C=C\C/C=C\C/C=C\C/C=C\CCCC(=O)OCC(COC(=O)CCCCCCCCCCCCCCCCC/C=C\CCCCCCCCCC)OC(=O)CCCCCCCCCCCCCCCCCCCC. The average Bonchev–Trinajstić information content (AvgIpc) is 3.46. The predicted octanol–water partition coefficient (Wildman–Crippen LogP) is 24.1. The van der Waals surface area contributed by atoms with Gasteiger partial charge in [-0.05, 0) is 83.5 Å². The standard InChI is InChI=1S/C74H132O6/c1-4-7-10-13-16-19-22-25-28-31-33-34-35-36-37-38-39-40-41-44-46-49-52-55-58-61-64-67-73(76)79-70-71(69-78-72(75)66-63-60-57-54-51-48-45-42-30-27-24-21-18-15-12-9-6-3)80-74(77)68-65-62-59-56-53-50-47-43-32-29-26-23-20-17-14-11-8-5-2/h9,12,18,21,27,30-31,33,45,48,54,57,71H,4-8,10-11,13-17,19-20,22-26,28-29,32,34-44,46-47,49-53,55-56,58-70H2,1-3H3/b12-9-,21-18-,30-27-,33-31-,48-45-,57-54-. The Hall–Kier alpha value is -3.15. The summed E-state index contributed by atoms with van der Waals surface area (Å²) in [6.07, 6.45) is 89.4. The van der Waals surface area contributed by atoms with E-state index in [1.165, 1.54) is 238 Å². The van der Waals surface area contributed by atoms with Crippen molar-refractivity contribution in [3.05, 3.63) is 72.9 Å². The molecule has 1 unspecified atom stereocenters. The molecule has 0 aliphatic heterocycles. The Balaban J connectivity index is 4.32. The largest absolute Gasteiger partial charge is 0.462 e. The highest BCUT2D eigenvalue weighted by Crippen LogP contribution is 2.18.